The molecule has 0 spiro atoms. The van der Waals surface area contributed by atoms with Crippen molar-refractivity contribution in [1.82, 2.24) is 9.88 Å². The van der Waals surface area contributed by atoms with Crippen LogP contribution >= 0.6 is 0 Å². The van der Waals surface area contributed by atoms with E-state index in [0.717, 1.165) is 24.9 Å². The maximum Gasteiger partial charge on any atom is 0.227 e. The fourth-order valence-corrected chi connectivity index (χ4v) is 3.28. The summed E-state index contributed by atoms with van der Waals surface area (Å²) in [4.78, 5) is 18.5. The number of hydrogen-bond acceptors (Lipinski definition) is 5. The molecule has 0 bridgehead atoms. The van der Waals surface area contributed by atoms with Gasteiger partial charge in [-0.2, -0.15) is 5.26 Å². The topological polar surface area (TPSA) is 75.5 Å². The molecule has 0 radical (unpaired) electrons. The minimum Gasteiger partial charge on any atom is -0.493 e. The van der Waals surface area contributed by atoms with Gasteiger partial charge in [0.25, 0.3) is 0 Å². The Morgan fingerprint density at radius 2 is 2.26 bits per heavy atom. The van der Waals surface area contributed by atoms with Crippen LogP contribution in [-0.2, 0) is 11.2 Å². The molecule has 3 rings (SSSR count). The van der Waals surface area contributed by atoms with E-state index in [9.17, 15) is 4.79 Å². The Kier molecular flexibility index (Phi) is 6.26. The lowest BCUT2D eigenvalue weighted by molar-refractivity contribution is -0.132. The first-order chi connectivity index (χ1) is 13.2. The van der Waals surface area contributed by atoms with Crippen molar-refractivity contribution in [2.75, 3.05) is 26.8 Å². The lowest BCUT2D eigenvalue weighted by Gasteiger charge is -2.32. The molecule has 1 amide bonds. The van der Waals surface area contributed by atoms with Gasteiger partial charge in [-0.1, -0.05) is 6.07 Å². The highest BCUT2D eigenvalue weighted by molar-refractivity contribution is 5.78. The lowest BCUT2D eigenvalue weighted by atomic mass is 9.98. The fourth-order valence-electron chi connectivity index (χ4n) is 3.28. The molecular weight excluding hydrogens is 342 g/mol. The third-order valence-corrected chi connectivity index (χ3v) is 4.72. The summed E-state index contributed by atoms with van der Waals surface area (Å²) in [5, 5.41) is 8.98. The Labute approximate surface area is 159 Å². The predicted octanol–water partition coefficient (Wildman–Crippen LogP) is 2.82. The maximum absolute atomic E-state index is 12.6. The number of carbonyl (C=O) groups excluding carboxylic acids is 1. The molecule has 1 saturated heterocycles. The molecule has 2 heterocycles. The van der Waals surface area contributed by atoms with E-state index < -0.39 is 0 Å². The molecule has 0 saturated carbocycles. The largest absolute Gasteiger partial charge is 0.493 e. The smallest absolute Gasteiger partial charge is 0.227 e. The van der Waals surface area contributed by atoms with Crippen molar-refractivity contribution in [2.24, 2.45) is 5.92 Å². The second-order valence-corrected chi connectivity index (χ2v) is 6.67. The summed E-state index contributed by atoms with van der Waals surface area (Å²) in [5.74, 6) is 1.57. The van der Waals surface area contributed by atoms with Gasteiger partial charge >= 0.3 is 0 Å². The van der Waals surface area contributed by atoms with Crippen molar-refractivity contribution in [3.05, 3.63) is 53.9 Å². The van der Waals surface area contributed by atoms with Gasteiger partial charge in [0.1, 0.15) is 0 Å². The zero-order chi connectivity index (χ0) is 19.1. The Hall–Kier alpha value is -3.07. The number of nitrogens with zero attached hydrogens (tertiary/aromatic N) is 3. The maximum atomic E-state index is 12.6. The quantitative estimate of drug-likeness (QED) is 0.787. The highest BCUT2D eigenvalue weighted by Crippen LogP contribution is 2.29. The van der Waals surface area contributed by atoms with E-state index in [0.29, 0.717) is 36.6 Å². The zero-order valence-corrected chi connectivity index (χ0v) is 15.4. The Morgan fingerprint density at radius 3 is 3.00 bits per heavy atom. The van der Waals surface area contributed by atoms with Gasteiger partial charge in [0.05, 0.1) is 31.8 Å². The van der Waals surface area contributed by atoms with E-state index >= 15 is 0 Å². The SMILES string of the molecule is COc1cc(C#N)ccc1OCC1CCCN(C(=O)Cc2cccnc2)C1. The summed E-state index contributed by atoms with van der Waals surface area (Å²) in [5.41, 5.74) is 1.47. The first kappa shape index (κ1) is 18.7. The van der Waals surface area contributed by atoms with Crippen molar-refractivity contribution < 1.29 is 14.3 Å². The summed E-state index contributed by atoms with van der Waals surface area (Å²) in [6, 6.07) is 11.0. The van der Waals surface area contributed by atoms with Crippen LogP contribution in [0.15, 0.2) is 42.7 Å². The van der Waals surface area contributed by atoms with Gasteiger partial charge in [-0.15, -0.1) is 0 Å². The number of pyridine rings is 1. The number of hydrogen-bond donors (Lipinski definition) is 0. The molecule has 0 N–H and O–H groups in total. The van der Waals surface area contributed by atoms with Crippen LogP contribution in [-0.4, -0.2) is 42.6 Å². The van der Waals surface area contributed by atoms with E-state index in [1.807, 2.05) is 17.0 Å². The molecule has 6 heteroatoms. The fraction of sp³-hybridized carbons (Fsp3) is 0.381. The van der Waals surface area contributed by atoms with Gasteiger partial charge in [-0.25, -0.2) is 0 Å². The van der Waals surface area contributed by atoms with Crippen molar-refractivity contribution in [3.8, 4) is 17.6 Å². The summed E-state index contributed by atoms with van der Waals surface area (Å²) < 4.78 is 11.2. The second-order valence-electron chi connectivity index (χ2n) is 6.67. The van der Waals surface area contributed by atoms with Gasteiger partial charge in [0, 0.05) is 37.5 Å². The van der Waals surface area contributed by atoms with E-state index in [4.69, 9.17) is 14.7 Å². The average Bonchev–Trinajstić information content (AvgIpc) is 2.73. The number of rotatable bonds is 6. The third kappa shape index (κ3) is 4.98. The van der Waals surface area contributed by atoms with Crippen LogP contribution in [0.2, 0.25) is 0 Å². The highest BCUT2D eigenvalue weighted by Gasteiger charge is 2.24. The molecule has 1 atom stereocenters. The normalized spacial score (nSPS) is 16.4. The summed E-state index contributed by atoms with van der Waals surface area (Å²) >= 11 is 0. The number of likely N-dealkylation sites (tertiary alicyclic amines) is 1. The minimum absolute atomic E-state index is 0.128. The predicted molar refractivity (Wildman–Crippen MR) is 100 cm³/mol. The van der Waals surface area contributed by atoms with Crippen molar-refractivity contribution in [1.29, 1.82) is 5.26 Å². The van der Waals surface area contributed by atoms with Crippen molar-refractivity contribution in [3.63, 3.8) is 0 Å². The lowest BCUT2D eigenvalue weighted by Crippen LogP contribution is -2.42. The number of aromatic nitrogens is 1. The Morgan fingerprint density at radius 1 is 1.37 bits per heavy atom. The van der Waals surface area contributed by atoms with E-state index in [2.05, 4.69) is 11.1 Å². The van der Waals surface area contributed by atoms with Crippen LogP contribution in [0.3, 0.4) is 0 Å². The number of carbonyl (C=O) groups is 1. The summed E-state index contributed by atoms with van der Waals surface area (Å²) in [7, 11) is 1.56. The monoisotopic (exact) mass is 365 g/mol. The average molecular weight is 365 g/mol. The first-order valence-corrected chi connectivity index (χ1v) is 9.07. The van der Waals surface area contributed by atoms with Gasteiger partial charge in [-0.05, 0) is 36.6 Å². The van der Waals surface area contributed by atoms with Gasteiger partial charge in [0.15, 0.2) is 11.5 Å². The summed E-state index contributed by atoms with van der Waals surface area (Å²) in [6.45, 7) is 1.99. The van der Waals surface area contributed by atoms with Crippen molar-refractivity contribution in [2.45, 2.75) is 19.3 Å². The van der Waals surface area contributed by atoms with Gasteiger partial charge < -0.3 is 14.4 Å². The number of benzene rings is 1. The third-order valence-electron chi connectivity index (χ3n) is 4.72. The molecule has 1 aromatic heterocycles. The van der Waals surface area contributed by atoms with E-state index in [1.54, 1.807) is 37.7 Å². The molecule has 6 nitrogen and oxygen atoms in total. The van der Waals surface area contributed by atoms with E-state index in [1.165, 1.54) is 0 Å². The van der Waals surface area contributed by atoms with Crippen LogP contribution in [0, 0.1) is 17.2 Å². The molecule has 0 aliphatic carbocycles. The van der Waals surface area contributed by atoms with Crippen LogP contribution in [0.1, 0.15) is 24.0 Å². The molecular formula is C21H23N3O3. The second kappa shape index (κ2) is 9.04. The number of piperidine rings is 1. The van der Waals surface area contributed by atoms with Gasteiger partial charge in [-0.3, -0.25) is 9.78 Å². The molecule has 27 heavy (non-hydrogen) atoms. The first-order valence-electron chi connectivity index (χ1n) is 9.07. The number of nitriles is 1. The Balaban J connectivity index is 1.56. The Bertz CT molecular complexity index is 817. The molecule has 1 aliphatic rings. The highest BCUT2D eigenvalue weighted by atomic mass is 16.5. The minimum atomic E-state index is 0.128. The van der Waals surface area contributed by atoms with Crippen LogP contribution < -0.4 is 9.47 Å². The van der Waals surface area contributed by atoms with E-state index in [-0.39, 0.29) is 11.8 Å². The number of ether oxygens (including phenoxy) is 2. The van der Waals surface area contributed by atoms with Crippen LogP contribution in [0.4, 0.5) is 0 Å². The molecule has 1 unspecified atom stereocenters. The van der Waals surface area contributed by atoms with Crippen molar-refractivity contribution >= 4 is 5.91 Å². The summed E-state index contributed by atoms with van der Waals surface area (Å²) in [6.07, 6.45) is 5.82. The molecule has 1 fully saturated rings. The molecule has 1 aliphatic heterocycles. The molecule has 140 valence electrons. The zero-order valence-electron chi connectivity index (χ0n) is 15.4. The number of methoxy groups -OCH3 is 1. The number of amides is 1. The van der Waals surface area contributed by atoms with Crippen LogP contribution in [0.25, 0.3) is 0 Å². The van der Waals surface area contributed by atoms with Crippen LogP contribution in [0.5, 0.6) is 11.5 Å². The molecule has 2 aromatic rings. The van der Waals surface area contributed by atoms with Gasteiger partial charge in [0.2, 0.25) is 5.91 Å². The standard InChI is InChI=1S/C21H23N3O3/c1-26-20-10-16(12-22)6-7-19(20)27-15-18-5-3-9-24(14-18)21(25)11-17-4-2-8-23-13-17/h2,4,6-8,10,13,18H,3,5,9,11,14-15H2,1H3. The molecule has 1 aromatic carbocycles.